The number of hydrogen-bond acceptors (Lipinski definition) is 6. The monoisotopic (exact) mass is 484 g/mol. The number of nitrogens with zero attached hydrogens (tertiary/aromatic N) is 1. The lowest BCUT2D eigenvalue weighted by Gasteiger charge is -2.15. The number of thiocarbonyl (C=S) groups is 1. The fourth-order valence-corrected chi connectivity index (χ4v) is 4.24. The molecule has 0 atom stereocenters. The summed E-state index contributed by atoms with van der Waals surface area (Å²) in [4.78, 5) is 36.6. The minimum Gasteiger partial charge on any atom is -0.478 e. The van der Waals surface area contributed by atoms with Crippen LogP contribution in [0.1, 0.15) is 26.5 Å². The molecule has 7 nitrogen and oxygen atoms in total. The van der Waals surface area contributed by atoms with E-state index >= 15 is 0 Å². The Labute approximate surface area is 196 Å². The van der Waals surface area contributed by atoms with Crippen LogP contribution in [0.2, 0.25) is 5.02 Å². The smallest absolute Gasteiger partial charge is 0.335 e. The second kappa shape index (κ2) is 8.99. The first kappa shape index (κ1) is 21.8. The first-order valence-electron chi connectivity index (χ1n) is 9.10. The fourth-order valence-electron chi connectivity index (χ4n) is 2.87. The number of carboxylic acids is 1. The Balaban J connectivity index is 1.54. The van der Waals surface area contributed by atoms with Gasteiger partial charge in [0.25, 0.3) is 11.8 Å². The molecule has 4 rings (SSSR count). The van der Waals surface area contributed by atoms with Gasteiger partial charge in [0.1, 0.15) is 11.5 Å². The molecule has 1 aromatic heterocycles. The number of benzene rings is 2. The molecule has 1 fully saturated rings. The molecule has 32 heavy (non-hydrogen) atoms. The summed E-state index contributed by atoms with van der Waals surface area (Å²) in [5.41, 5.74) is 3.37. The second-order valence-electron chi connectivity index (χ2n) is 6.53. The van der Waals surface area contributed by atoms with Crippen molar-refractivity contribution in [1.82, 2.24) is 10.4 Å². The first-order valence-corrected chi connectivity index (χ1v) is 10.7. The van der Waals surface area contributed by atoms with Crippen molar-refractivity contribution in [3.05, 3.63) is 87.5 Å². The molecule has 0 saturated carbocycles. The summed E-state index contributed by atoms with van der Waals surface area (Å²) in [7, 11) is 0. The van der Waals surface area contributed by atoms with Crippen molar-refractivity contribution in [3.8, 4) is 11.3 Å². The van der Waals surface area contributed by atoms with E-state index in [0.29, 0.717) is 27.7 Å². The van der Waals surface area contributed by atoms with Crippen molar-refractivity contribution in [1.29, 1.82) is 0 Å². The van der Waals surface area contributed by atoms with Crippen LogP contribution in [0.25, 0.3) is 17.4 Å². The van der Waals surface area contributed by atoms with E-state index in [-0.39, 0.29) is 14.8 Å². The van der Waals surface area contributed by atoms with Crippen LogP contribution >= 0.6 is 35.6 Å². The third-order valence-electron chi connectivity index (χ3n) is 4.42. The molecule has 1 saturated heterocycles. The molecule has 3 aromatic rings. The number of carboxylic acid groups (broad SMARTS) is 1. The topological polar surface area (TPSA) is 99.9 Å². The van der Waals surface area contributed by atoms with Crippen LogP contribution in [-0.4, -0.2) is 32.2 Å². The Morgan fingerprint density at radius 3 is 2.56 bits per heavy atom. The van der Waals surface area contributed by atoms with Crippen molar-refractivity contribution in [2.24, 2.45) is 0 Å². The molecule has 0 aliphatic carbocycles. The van der Waals surface area contributed by atoms with Crippen molar-refractivity contribution >= 4 is 63.8 Å². The molecule has 10 heteroatoms. The van der Waals surface area contributed by atoms with Gasteiger partial charge in [0, 0.05) is 17.2 Å². The zero-order chi connectivity index (χ0) is 22.8. The Kier molecular flexibility index (Phi) is 6.13. The number of hydrazine groups is 1. The van der Waals surface area contributed by atoms with Crippen molar-refractivity contribution in [2.75, 3.05) is 0 Å². The van der Waals surface area contributed by atoms with E-state index in [9.17, 15) is 19.5 Å². The number of furan rings is 1. The number of rotatable bonds is 5. The van der Waals surface area contributed by atoms with Crippen molar-refractivity contribution in [2.45, 2.75) is 0 Å². The van der Waals surface area contributed by atoms with Crippen LogP contribution in [0.15, 0.2) is 70.0 Å². The number of thioether (sulfide) groups is 1. The molecule has 0 spiro atoms. The molecule has 0 bridgehead atoms. The van der Waals surface area contributed by atoms with E-state index in [0.717, 1.165) is 16.8 Å². The van der Waals surface area contributed by atoms with Gasteiger partial charge in [-0.3, -0.25) is 15.0 Å². The molecule has 0 unspecified atom stereocenters. The molecular formula is C22H13ClN2O5S2. The van der Waals surface area contributed by atoms with Gasteiger partial charge in [-0.1, -0.05) is 41.6 Å². The van der Waals surface area contributed by atoms with Crippen molar-refractivity contribution in [3.63, 3.8) is 0 Å². The van der Waals surface area contributed by atoms with E-state index in [1.807, 2.05) is 0 Å². The van der Waals surface area contributed by atoms with E-state index in [1.165, 1.54) is 24.3 Å². The van der Waals surface area contributed by atoms with Gasteiger partial charge in [-0.05, 0) is 54.7 Å². The van der Waals surface area contributed by atoms with Crippen LogP contribution in [0.4, 0.5) is 0 Å². The molecular weight excluding hydrogens is 472 g/mol. The number of nitrogens with one attached hydrogen (secondary N) is 1. The van der Waals surface area contributed by atoms with Crippen LogP contribution in [-0.2, 0) is 4.79 Å². The zero-order valence-corrected chi connectivity index (χ0v) is 18.5. The van der Waals surface area contributed by atoms with Gasteiger partial charge in [-0.15, -0.1) is 0 Å². The fraction of sp³-hybridized carbons (Fsp3) is 0. The summed E-state index contributed by atoms with van der Waals surface area (Å²) >= 11 is 12.4. The van der Waals surface area contributed by atoms with E-state index in [1.54, 1.807) is 42.5 Å². The molecule has 2 aromatic carbocycles. The normalized spacial score (nSPS) is 14.8. The predicted octanol–water partition coefficient (Wildman–Crippen LogP) is 4.84. The number of aromatic carboxylic acids is 1. The predicted molar refractivity (Wildman–Crippen MR) is 125 cm³/mol. The largest absolute Gasteiger partial charge is 0.478 e. The number of amides is 2. The van der Waals surface area contributed by atoms with Crippen LogP contribution in [0.5, 0.6) is 0 Å². The summed E-state index contributed by atoms with van der Waals surface area (Å²) in [5, 5.41) is 10.5. The lowest BCUT2D eigenvalue weighted by molar-refractivity contribution is -0.123. The van der Waals surface area contributed by atoms with Crippen LogP contribution < -0.4 is 5.43 Å². The maximum absolute atomic E-state index is 12.7. The van der Waals surface area contributed by atoms with E-state index < -0.39 is 17.8 Å². The van der Waals surface area contributed by atoms with Gasteiger partial charge in [-0.2, -0.15) is 5.01 Å². The van der Waals surface area contributed by atoms with Gasteiger partial charge < -0.3 is 9.52 Å². The molecule has 2 N–H and O–H groups in total. The lowest BCUT2D eigenvalue weighted by Crippen LogP contribution is -2.44. The minimum absolute atomic E-state index is 0.0670. The summed E-state index contributed by atoms with van der Waals surface area (Å²) in [6.07, 6.45) is 1.49. The van der Waals surface area contributed by atoms with Gasteiger partial charge in [0.15, 0.2) is 4.32 Å². The van der Waals surface area contributed by atoms with Crippen molar-refractivity contribution < 1.29 is 23.9 Å². The summed E-state index contributed by atoms with van der Waals surface area (Å²) in [5.74, 6) is -1.36. The maximum atomic E-state index is 12.7. The highest BCUT2D eigenvalue weighted by Crippen LogP contribution is 2.34. The summed E-state index contributed by atoms with van der Waals surface area (Å²) in [6.45, 7) is 0. The zero-order valence-electron chi connectivity index (χ0n) is 16.1. The number of carbonyl (C=O) groups is 3. The Bertz CT molecular complexity index is 1290. The molecule has 1 aliphatic heterocycles. The second-order valence-corrected chi connectivity index (χ2v) is 8.61. The Morgan fingerprint density at radius 2 is 1.84 bits per heavy atom. The summed E-state index contributed by atoms with van der Waals surface area (Å²) in [6, 6.07) is 16.0. The lowest BCUT2D eigenvalue weighted by atomic mass is 10.1. The summed E-state index contributed by atoms with van der Waals surface area (Å²) < 4.78 is 5.92. The average molecular weight is 485 g/mol. The third kappa shape index (κ3) is 4.45. The molecule has 1 aliphatic rings. The highest BCUT2D eigenvalue weighted by molar-refractivity contribution is 8.26. The molecule has 160 valence electrons. The minimum atomic E-state index is -1.09. The number of hydrogen-bond donors (Lipinski definition) is 2. The highest BCUT2D eigenvalue weighted by Gasteiger charge is 2.34. The quantitative estimate of drug-likeness (QED) is 0.394. The van der Waals surface area contributed by atoms with E-state index in [2.05, 4.69) is 5.43 Å². The Hall–Kier alpha value is -3.40. The third-order valence-corrected chi connectivity index (χ3v) is 6.05. The number of halogens is 1. The SMILES string of the molecule is O=C(O)c1ccc(Cl)c(-c2ccc(C=C3SC(=S)N(NC(=O)c4ccccc4)C3=O)o2)c1. The van der Waals surface area contributed by atoms with Crippen LogP contribution in [0, 0.1) is 0 Å². The first-order chi connectivity index (χ1) is 15.3. The molecule has 2 amide bonds. The van der Waals surface area contributed by atoms with E-state index in [4.69, 9.17) is 28.2 Å². The Morgan fingerprint density at radius 1 is 1.09 bits per heavy atom. The van der Waals surface area contributed by atoms with Gasteiger partial charge >= 0.3 is 5.97 Å². The van der Waals surface area contributed by atoms with Gasteiger partial charge in [0.2, 0.25) is 0 Å². The highest BCUT2D eigenvalue weighted by atomic mass is 35.5. The number of carbonyl (C=O) groups excluding carboxylic acids is 2. The molecule has 0 radical (unpaired) electrons. The van der Waals surface area contributed by atoms with Crippen LogP contribution in [0.3, 0.4) is 0 Å². The van der Waals surface area contributed by atoms with Gasteiger partial charge in [-0.25, -0.2) is 4.79 Å². The standard InChI is InChI=1S/C22H13ClN2O5S2/c23-16-8-6-13(21(28)29)10-15(16)17-9-7-14(30-17)11-18-20(27)25(22(31)32-18)24-19(26)12-4-2-1-3-5-12/h1-11H,(H,24,26)(H,28,29). The van der Waals surface area contributed by atoms with Gasteiger partial charge in [0.05, 0.1) is 15.5 Å². The average Bonchev–Trinajstić information content (AvgIpc) is 3.34. The molecule has 2 heterocycles. The maximum Gasteiger partial charge on any atom is 0.335 e.